The highest BCUT2D eigenvalue weighted by Crippen LogP contribution is 2.34. The molecule has 0 radical (unpaired) electrons. The number of hydrogen-bond donors (Lipinski definition) is 1. The second-order valence-corrected chi connectivity index (χ2v) is 6.21. The van der Waals surface area contributed by atoms with E-state index in [4.69, 9.17) is 0 Å². The molecule has 2 rings (SSSR count). The predicted molar refractivity (Wildman–Crippen MR) is 80.3 cm³/mol. The van der Waals surface area contributed by atoms with E-state index in [1.54, 1.807) is 11.3 Å². The van der Waals surface area contributed by atoms with Crippen LogP contribution in [-0.2, 0) is 0 Å². The number of benzene rings is 1. The number of halogens is 2. The Hall–Kier alpha value is -1.26. The van der Waals surface area contributed by atoms with Crippen LogP contribution in [0.3, 0.4) is 0 Å². The van der Waals surface area contributed by atoms with Crippen molar-refractivity contribution < 1.29 is 8.78 Å². The van der Waals surface area contributed by atoms with Gasteiger partial charge in [-0.15, -0.1) is 11.3 Å². The van der Waals surface area contributed by atoms with Gasteiger partial charge in [-0.3, -0.25) is 0 Å². The van der Waals surface area contributed by atoms with Crippen LogP contribution in [0.2, 0.25) is 0 Å². The molecular formula is C16H19F2NS. The quantitative estimate of drug-likeness (QED) is 0.840. The summed E-state index contributed by atoms with van der Waals surface area (Å²) < 4.78 is 28.2. The molecule has 0 aliphatic heterocycles. The average Bonchev–Trinajstić information content (AvgIpc) is 2.72. The molecule has 0 amide bonds. The highest BCUT2D eigenvalue weighted by Gasteiger charge is 2.24. The molecule has 1 aromatic carbocycles. The van der Waals surface area contributed by atoms with Gasteiger partial charge >= 0.3 is 0 Å². The molecular weight excluding hydrogens is 276 g/mol. The molecule has 0 aliphatic rings. The molecule has 0 saturated carbocycles. The second kappa shape index (κ2) is 6.46. The molecule has 0 spiro atoms. The van der Waals surface area contributed by atoms with Gasteiger partial charge in [0.2, 0.25) is 0 Å². The van der Waals surface area contributed by atoms with Crippen molar-refractivity contribution in [1.29, 1.82) is 0 Å². The maximum Gasteiger partial charge on any atom is 0.131 e. The lowest BCUT2D eigenvalue weighted by atomic mass is 10.0. The van der Waals surface area contributed by atoms with Crippen molar-refractivity contribution in [2.24, 2.45) is 0 Å². The molecule has 1 N–H and O–H groups in total. The van der Waals surface area contributed by atoms with Gasteiger partial charge in [-0.1, -0.05) is 13.0 Å². The first-order valence-corrected chi connectivity index (χ1v) is 7.60. The molecule has 1 nitrogen and oxygen atoms in total. The van der Waals surface area contributed by atoms with Crippen LogP contribution in [-0.4, -0.2) is 6.54 Å². The fourth-order valence-electron chi connectivity index (χ4n) is 2.35. The van der Waals surface area contributed by atoms with Gasteiger partial charge in [0, 0.05) is 15.3 Å². The normalized spacial score (nSPS) is 12.7. The lowest BCUT2D eigenvalue weighted by Crippen LogP contribution is -2.25. The summed E-state index contributed by atoms with van der Waals surface area (Å²) in [5, 5.41) is 3.27. The second-order valence-electron chi connectivity index (χ2n) is 4.93. The monoisotopic (exact) mass is 295 g/mol. The smallest absolute Gasteiger partial charge is 0.131 e. The van der Waals surface area contributed by atoms with Crippen LogP contribution in [0.25, 0.3) is 0 Å². The molecule has 1 heterocycles. The molecule has 1 aromatic heterocycles. The number of nitrogens with one attached hydrogen (secondary N) is 1. The van der Waals surface area contributed by atoms with Crippen LogP contribution in [0.5, 0.6) is 0 Å². The number of rotatable bonds is 5. The van der Waals surface area contributed by atoms with Crippen LogP contribution in [0.15, 0.2) is 24.3 Å². The fraction of sp³-hybridized carbons (Fsp3) is 0.375. The zero-order valence-corrected chi connectivity index (χ0v) is 12.8. The summed E-state index contributed by atoms with van der Waals surface area (Å²) in [4.78, 5) is 2.14. The van der Waals surface area contributed by atoms with Crippen molar-refractivity contribution in [2.45, 2.75) is 33.2 Å². The van der Waals surface area contributed by atoms with E-state index in [2.05, 4.69) is 11.4 Å². The SMILES string of the molecule is CCCNC(c1sc(C)cc1C)c1c(F)cccc1F. The maximum absolute atomic E-state index is 14.1. The molecule has 0 saturated heterocycles. The molecule has 4 heteroatoms. The zero-order valence-electron chi connectivity index (χ0n) is 12.0. The first-order chi connectivity index (χ1) is 9.54. The summed E-state index contributed by atoms with van der Waals surface area (Å²) in [6.45, 7) is 6.75. The van der Waals surface area contributed by atoms with Gasteiger partial charge in [0.1, 0.15) is 11.6 Å². The topological polar surface area (TPSA) is 12.0 Å². The molecule has 1 atom stereocenters. The van der Waals surface area contributed by atoms with Crippen molar-refractivity contribution in [1.82, 2.24) is 5.32 Å². The molecule has 0 aliphatic carbocycles. The third-order valence-corrected chi connectivity index (χ3v) is 4.45. The summed E-state index contributed by atoms with van der Waals surface area (Å²) >= 11 is 1.59. The van der Waals surface area contributed by atoms with Crippen LogP contribution in [0.1, 0.15) is 40.3 Å². The Balaban J connectivity index is 2.50. The molecule has 20 heavy (non-hydrogen) atoms. The number of aryl methyl sites for hydroxylation is 2. The van der Waals surface area contributed by atoms with Gasteiger partial charge in [0.15, 0.2) is 0 Å². The van der Waals surface area contributed by atoms with E-state index in [1.807, 2.05) is 20.8 Å². The average molecular weight is 295 g/mol. The van der Waals surface area contributed by atoms with Gasteiger partial charge in [0.05, 0.1) is 6.04 Å². The Bertz CT molecular complexity index is 572. The molecule has 1 unspecified atom stereocenters. The largest absolute Gasteiger partial charge is 0.305 e. The van der Waals surface area contributed by atoms with E-state index in [1.165, 1.54) is 18.2 Å². The third kappa shape index (κ3) is 3.07. The van der Waals surface area contributed by atoms with E-state index in [9.17, 15) is 8.78 Å². The van der Waals surface area contributed by atoms with Crippen molar-refractivity contribution >= 4 is 11.3 Å². The van der Waals surface area contributed by atoms with E-state index in [0.29, 0.717) is 0 Å². The Morgan fingerprint density at radius 3 is 2.35 bits per heavy atom. The van der Waals surface area contributed by atoms with Crippen molar-refractivity contribution in [2.75, 3.05) is 6.54 Å². The highest BCUT2D eigenvalue weighted by molar-refractivity contribution is 7.12. The van der Waals surface area contributed by atoms with E-state index < -0.39 is 17.7 Å². The van der Waals surface area contributed by atoms with Gasteiger partial charge in [-0.2, -0.15) is 0 Å². The van der Waals surface area contributed by atoms with Gasteiger partial charge in [-0.25, -0.2) is 8.78 Å². The first kappa shape index (κ1) is 15.1. The van der Waals surface area contributed by atoms with Crippen LogP contribution in [0.4, 0.5) is 8.78 Å². The maximum atomic E-state index is 14.1. The summed E-state index contributed by atoms with van der Waals surface area (Å²) in [5.74, 6) is -0.992. The molecule has 108 valence electrons. The van der Waals surface area contributed by atoms with E-state index in [-0.39, 0.29) is 5.56 Å². The Morgan fingerprint density at radius 1 is 1.20 bits per heavy atom. The summed E-state index contributed by atoms with van der Waals surface area (Å²) in [6, 6.07) is 5.66. The van der Waals surface area contributed by atoms with Crippen molar-refractivity contribution in [3.63, 3.8) is 0 Å². The lowest BCUT2D eigenvalue weighted by Gasteiger charge is -2.20. The Morgan fingerprint density at radius 2 is 1.85 bits per heavy atom. The standard InChI is InChI=1S/C16H19F2NS/c1-4-8-19-15(16-10(2)9-11(3)20-16)14-12(17)6-5-7-13(14)18/h5-7,9,15,19H,4,8H2,1-3H3. The van der Waals surface area contributed by atoms with E-state index in [0.717, 1.165) is 28.3 Å². The molecule has 0 fully saturated rings. The zero-order chi connectivity index (χ0) is 14.7. The fourth-order valence-corrected chi connectivity index (χ4v) is 3.47. The number of hydrogen-bond acceptors (Lipinski definition) is 2. The first-order valence-electron chi connectivity index (χ1n) is 6.78. The number of thiophene rings is 1. The Kier molecular flexibility index (Phi) is 4.89. The summed E-state index contributed by atoms with van der Waals surface area (Å²) in [5.41, 5.74) is 1.19. The minimum absolute atomic E-state index is 0.117. The third-order valence-electron chi connectivity index (χ3n) is 3.23. The Labute approximate surface area is 122 Å². The van der Waals surface area contributed by atoms with Gasteiger partial charge < -0.3 is 5.32 Å². The minimum atomic E-state index is -0.496. The van der Waals surface area contributed by atoms with Crippen LogP contribution < -0.4 is 5.32 Å². The summed E-state index contributed by atoms with van der Waals surface area (Å²) in [7, 11) is 0. The molecule has 2 aromatic rings. The van der Waals surface area contributed by atoms with E-state index >= 15 is 0 Å². The minimum Gasteiger partial charge on any atom is -0.305 e. The molecule has 0 bridgehead atoms. The van der Waals surface area contributed by atoms with Crippen LogP contribution >= 0.6 is 11.3 Å². The highest BCUT2D eigenvalue weighted by atomic mass is 32.1. The lowest BCUT2D eigenvalue weighted by molar-refractivity contribution is 0.505. The van der Waals surface area contributed by atoms with Crippen molar-refractivity contribution in [3.8, 4) is 0 Å². The summed E-state index contributed by atoms with van der Waals surface area (Å²) in [6.07, 6.45) is 0.913. The van der Waals surface area contributed by atoms with Crippen LogP contribution in [0, 0.1) is 25.5 Å². The van der Waals surface area contributed by atoms with Crippen molar-refractivity contribution in [3.05, 3.63) is 56.8 Å². The van der Waals surface area contributed by atoms with Gasteiger partial charge in [-0.05, 0) is 50.6 Å². The predicted octanol–water partition coefficient (Wildman–Crippen LogP) is 4.73. The van der Waals surface area contributed by atoms with Gasteiger partial charge in [0.25, 0.3) is 0 Å².